The average molecular weight is 351 g/mol. The van der Waals surface area contributed by atoms with Crippen molar-refractivity contribution >= 4 is 5.91 Å². The molecule has 1 saturated carbocycles. The lowest BCUT2D eigenvalue weighted by molar-refractivity contribution is -0.121. The normalized spacial score (nSPS) is 15.6. The molecule has 0 radical (unpaired) electrons. The van der Waals surface area contributed by atoms with Crippen LogP contribution in [-0.2, 0) is 11.2 Å². The Labute approximate surface area is 156 Å². The van der Waals surface area contributed by atoms with Crippen LogP contribution in [0, 0.1) is 0 Å². The van der Waals surface area contributed by atoms with Crippen LogP contribution in [-0.4, -0.2) is 18.6 Å². The molecule has 0 aliphatic heterocycles. The highest BCUT2D eigenvalue weighted by Gasteiger charge is 2.16. The summed E-state index contributed by atoms with van der Waals surface area (Å²) in [6.45, 7) is 2.81. The first-order valence-corrected chi connectivity index (χ1v) is 9.78. The fraction of sp³-hybridized carbons (Fsp3) is 0.435. The summed E-state index contributed by atoms with van der Waals surface area (Å²) in [5, 5.41) is 3.05. The fourth-order valence-corrected chi connectivity index (χ4v) is 3.49. The van der Waals surface area contributed by atoms with E-state index in [0.29, 0.717) is 25.0 Å². The second-order valence-corrected chi connectivity index (χ2v) is 7.29. The van der Waals surface area contributed by atoms with E-state index in [1.165, 1.54) is 18.4 Å². The van der Waals surface area contributed by atoms with E-state index >= 15 is 0 Å². The zero-order valence-electron chi connectivity index (χ0n) is 15.6. The Morgan fingerprint density at radius 3 is 2.65 bits per heavy atom. The Kier molecular flexibility index (Phi) is 6.70. The molecule has 0 aromatic heterocycles. The van der Waals surface area contributed by atoms with Crippen molar-refractivity contribution < 1.29 is 9.53 Å². The maximum Gasteiger partial charge on any atom is 0.220 e. The molecular formula is C23H29NO2. The molecular weight excluding hydrogens is 322 g/mol. The zero-order chi connectivity index (χ0) is 18.2. The summed E-state index contributed by atoms with van der Waals surface area (Å²) in [5.41, 5.74) is 2.41. The largest absolute Gasteiger partial charge is 0.490 e. The Morgan fingerprint density at radius 1 is 1.12 bits per heavy atom. The predicted octanol–water partition coefficient (Wildman–Crippen LogP) is 4.86. The molecule has 138 valence electrons. The van der Waals surface area contributed by atoms with Crippen molar-refractivity contribution in [3.8, 4) is 5.75 Å². The second-order valence-electron chi connectivity index (χ2n) is 7.29. The quantitative estimate of drug-likeness (QED) is 0.737. The molecule has 26 heavy (non-hydrogen) atoms. The van der Waals surface area contributed by atoms with Crippen LogP contribution in [0.1, 0.15) is 56.1 Å². The summed E-state index contributed by atoms with van der Waals surface area (Å²) in [5.74, 6) is 1.37. The van der Waals surface area contributed by atoms with Gasteiger partial charge in [-0.2, -0.15) is 0 Å². The topological polar surface area (TPSA) is 38.3 Å². The number of benzene rings is 2. The fourth-order valence-electron chi connectivity index (χ4n) is 3.49. The summed E-state index contributed by atoms with van der Waals surface area (Å²) in [7, 11) is 0. The molecule has 1 aliphatic carbocycles. The number of nitrogens with one attached hydrogen (secondary N) is 1. The zero-order valence-corrected chi connectivity index (χ0v) is 15.6. The van der Waals surface area contributed by atoms with Gasteiger partial charge in [0.05, 0.1) is 6.10 Å². The molecule has 2 aromatic carbocycles. The smallest absolute Gasteiger partial charge is 0.220 e. The molecule has 0 saturated heterocycles. The van der Waals surface area contributed by atoms with E-state index in [1.807, 2.05) is 30.3 Å². The molecule has 1 atom stereocenters. The highest BCUT2D eigenvalue weighted by atomic mass is 16.5. The number of ether oxygens (including phenoxy) is 1. The van der Waals surface area contributed by atoms with Crippen LogP contribution in [0.25, 0.3) is 0 Å². The standard InChI is InChI=1S/C23H29NO2/c1-18(20-9-3-2-4-10-20)17-24-23(25)15-14-19-8-7-13-22(16-19)26-21-11-5-6-12-21/h2-4,7-10,13,16,18,21H,5-6,11-12,14-15,17H2,1H3,(H,24,25). The Balaban J connectivity index is 1.42. The van der Waals surface area contributed by atoms with E-state index in [0.717, 1.165) is 30.6 Å². The van der Waals surface area contributed by atoms with Crippen molar-refractivity contribution in [2.45, 2.75) is 57.5 Å². The minimum atomic E-state index is 0.106. The average Bonchev–Trinajstić information content (AvgIpc) is 3.18. The van der Waals surface area contributed by atoms with Crippen LogP contribution in [0.2, 0.25) is 0 Å². The summed E-state index contributed by atoms with van der Waals surface area (Å²) in [6, 6.07) is 18.5. The van der Waals surface area contributed by atoms with Crippen molar-refractivity contribution in [3.63, 3.8) is 0 Å². The highest BCUT2D eigenvalue weighted by Crippen LogP contribution is 2.24. The summed E-state index contributed by atoms with van der Waals surface area (Å²) in [4.78, 5) is 12.2. The van der Waals surface area contributed by atoms with Crippen LogP contribution in [0.4, 0.5) is 0 Å². The van der Waals surface area contributed by atoms with Gasteiger partial charge in [0.25, 0.3) is 0 Å². The van der Waals surface area contributed by atoms with Gasteiger partial charge in [0.2, 0.25) is 5.91 Å². The van der Waals surface area contributed by atoms with Crippen molar-refractivity contribution in [3.05, 3.63) is 65.7 Å². The molecule has 1 unspecified atom stereocenters. The summed E-state index contributed by atoms with van der Waals surface area (Å²) in [6.07, 6.45) is 6.48. The molecule has 1 aliphatic rings. The number of carbonyl (C=O) groups excluding carboxylic acids is 1. The van der Waals surface area contributed by atoms with Gasteiger partial charge in [-0.15, -0.1) is 0 Å². The maximum atomic E-state index is 12.2. The SMILES string of the molecule is CC(CNC(=O)CCc1cccc(OC2CCCC2)c1)c1ccccc1. The van der Waals surface area contributed by atoms with Gasteiger partial charge < -0.3 is 10.1 Å². The van der Waals surface area contributed by atoms with Crippen molar-refractivity contribution in [1.29, 1.82) is 0 Å². The molecule has 0 spiro atoms. The lowest BCUT2D eigenvalue weighted by atomic mass is 10.0. The molecule has 3 nitrogen and oxygen atoms in total. The molecule has 1 fully saturated rings. The van der Waals surface area contributed by atoms with E-state index in [2.05, 4.69) is 36.5 Å². The first kappa shape index (κ1) is 18.5. The molecule has 3 heteroatoms. The minimum absolute atomic E-state index is 0.106. The third kappa shape index (κ3) is 5.62. The Morgan fingerprint density at radius 2 is 1.88 bits per heavy atom. The van der Waals surface area contributed by atoms with Gasteiger partial charge in [0.1, 0.15) is 5.75 Å². The molecule has 0 bridgehead atoms. The van der Waals surface area contributed by atoms with Gasteiger partial charge in [-0.25, -0.2) is 0 Å². The van der Waals surface area contributed by atoms with E-state index in [4.69, 9.17) is 4.74 Å². The van der Waals surface area contributed by atoms with E-state index in [9.17, 15) is 4.79 Å². The molecule has 2 aromatic rings. The number of aryl methyl sites for hydroxylation is 1. The van der Waals surface area contributed by atoms with Gasteiger partial charge in [-0.05, 0) is 61.3 Å². The van der Waals surface area contributed by atoms with Crippen LogP contribution in [0.3, 0.4) is 0 Å². The third-order valence-electron chi connectivity index (χ3n) is 5.12. The lowest BCUT2D eigenvalue weighted by Crippen LogP contribution is -2.27. The van der Waals surface area contributed by atoms with Gasteiger partial charge in [-0.3, -0.25) is 4.79 Å². The van der Waals surface area contributed by atoms with Gasteiger partial charge in [-0.1, -0.05) is 49.4 Å². The van der Waals surface area contributed by atoms with Gasteiger partial charge >= 0.3 is 0 Å². The number of hydrogen-bond acceptors (Lipinski definition) is 2. The van der Waals surface area contributed by atoms with Crippen molar-refractivity contribution in [2.75, 3.05) is 6.54 Å². The molecule has 3 rings (SSSR count). The van der Waals surface area contributed by atoms with Crippen LogP contribution < -0.4 is 10.1 Å². The minimum Gasteiger partial charge on any atom is -0.490 e. The molecule has 0 heterocycles. The second kappa shape index (κ2) is 9.42. The maximum absolute atomic E-state index is 12.2. The van der Waals surface area contributed by atoms with E-state index in [1.54, 1.807) is 0 Å². The highest BCUT2D eigenvalue weighted by molar-refractivity contribution is 5.76. The van der Waals surface area contributed by atoms with Gasteiger partial charge in [0, 0.05) is 13.0 Å². The van der Waals surface area contributed by atoms with E-state index in [-0.39, 0.29) is 5.91 Å². The van der Waals surface area contributed by atoms with Crippen molar-refractivity contribution in [2.24, 2.45) is 0 Å². The van der Waals surface area contributed by atoms with Crippen LogP contribution >= 0.6 is 0 Å². The first-order chi connectivity index (χ1) is 12.7. The number of carbonyl (C=O) groups is 1. The van der Waals surface area contributed by atoms with Crippen LogP contribution in [0.15, 0.2) is 54.6 Å². The lowest BCUT2D eigenvalue weighted by Gasteiger charge is -2.14. The van der Waals surface area contributed by atoms with E-state index < -0.39 is 0 Å². The monoisotopic (exact) mass is 351 g/mol. The van der Waals surface area contributed by atoms with Crippen LogP contribution in [0.5, 0.6) is 5.75 Å². The molecule has 1 N–H and O–H groups in total. The number of hydrogen-bond donors (Lipinski definition) is 1. The number of rotatable bonds is 8. The summed E-state index contributed by atoms with van der Waals surface area (Å²) >= 11 is 0. The summed E-state index contributed by atoms with van der Waals surface area (Å²) < 4.78 is 6.05. The third-order valence-corrected chi connectivity index (χ3v) is 5.12. The Hall–Kier alpha value is -2.29. The van der Waals surface area contributed by atoms with Crippen molar-refractivity contribution in [1.82, 2.24) is 5.32 Å². The van der Waals surface area contributed by atoms with Gasteiger partial charge in [0.15, 0.2) is 0 Å². The molecule has 1 amide bonds. The Bertz CT molecular complexity index is 692. The number of amides is 1. The predicted molar refractivity (Wildman–Crippen MR) is 106 cm³/mol. The first-order valence-electron chi connectivity index (χ1n) is 9.78.